The second kappa shape index (κ2) is 9.20. The van der Waals surface area contributed by atoms with Crippen molar-refractivity contribution in [3.63, 3.8) is 0 Å². The number of ether oxygens (including phenoxy) is 4. The highest BCUT2D eigenvalue weighted by atomic mass is 16.5. The number of hydrogen-bond acceptors (Lipinski definition) is 7. The van der Waals surface area contributed by atoms with Crippen molar-refractivity contribution in [2.75, 3.05) is 27.4 Å². The van der Waals surface area contributed by atoms with E-state index in [0.29, 0.717) is 31.5 Å². The molecule has 1 aliphatic carbocycles. The maximum absolute atomic E-state index is 13.5. The summed E-state index contributed by atoms with van der Waals surface area (Å²) in [5.74, 6) is 0.0197. The average molecular weight is 428 g/mol. The lowest BCUT2D eigenvalue weighted by Crippen LogP contribution is -2.49. The lowest BCUT2D eigenvalue weighted by molar-refractivity contribution is -0.122. The standard InChI is InChI=1S/C23H28N2O6/c1-28-11-12-31-23-10-6-9-17(13-23)14-25-20(26)19(18(21(27)29-2)24-22(23)25)30-15-16-7-4-3-5-8-16/h3-5,7-8,17H,6,9-15H2,1-2H3. The van der Waals surface area contributed by atoms with Gasteiger partial charge in [0.1, 0.15) is 18.0 Å². The molecular formula is C23H28N2O6. The zero-order valence-corrected chi connectivity index (χ0v) is 18.0. The Kier molecular flexibility index (Phi) is 6.38. The van der Waals surface area contributed by atoms with Crippen LogP contribution < -0.4 is 10.3 Å². The number of benzene rings is 1. The van der Waals surface area contributed by atoms with E-state index in [9.17, 15) is 9.59 Å². The van der Waals surface area contributed by atoms with Gasteiger partial charge in [0.25, 0.3) is 5.56 Å². The van der Waals surface area contributed by atoms with Crippen LogP contribution in [0.1, 0.15) is 47.6 Å². The van der Waals surface area contributed by atoms with Gasteiger partial charge < -0.3 is 18.9 Å². The van der Waals surface area contributed by atoms with Gasteiger partial charge in [-0.2, -0.15) is 0 Å². The van der Waals surface area contributed by atoms with Gasteiger partial charge in [-0.3, -0.25) is 9.36 Å². The molecule has 0 amide bonds. The van der Waals surface area contributed by atoms with Gasteiger partial charge in [0, 0.05) is 13.7 Å². The Morgan fingerprint density at radius 2 is 2.03 bits per heavy atom. The van der Waals surface area contributed by atoms with E-state index in [-0.39, 0.29) is 23.6 Å². The number of fused-ring (bicyclic) bond motifs is 4. The maximum Gasteiger partial charge on any atom is 0.360 e. The molecule has 0 radical (unpaired) electrons. The van der Waals surface area contributed by atoms with Crippen molar-refractivity contribution < 1.29 is 23.7 Å². The summed E-state index contributed by atoms with van der Waals surface area (Å²) in [6, 6.07) is 9.47. The molecule has 1 aromatic heterocycles. The number of nitrogens with zero attached hydrogens (tertiary/aromatic N) is 2. The Hall–Kier alpha value is -2.71. The van der Waals surface area contributed by atoms with Gasteiger partial charge in [0.2, 0.25) is 5.75 Å². The van der Waals surface area contributed by atoms with Crippen molar-refractivity contribution in [1.82, 2.24) is 9.55 Å². The number of hydrogen-bond donors (Lipinski definition) is 0. The molecule has 4 rings (SSSR count). The minimum Gasteiger partial charge on any atom is -0.481 e. The third-order valence-corrected chi connectivity index (χ3v) is 6.06. The molecule has 0 N–H and O–H groups in total. The van der Waals surface area contributed by atoms with Crippen molar-refractivity contribution >= 4 is 5.97 Å². The molecule has 1 aliphatic heterocycles. The molecule has 2 bridgehead atoms. The summed E-state index contributed by atoms with van der Waals surface area (Å²) >= 11 is 0. The van der Waals surface area contributed by atoms with Crippen molar-refractivity contribution in [3.8, 4) is 5.75 Å². The fourth-order valence-electron chi connectivity index (χ4n) is 4.63. The van der Waals surface area contributed by atoms with E-state index in [4.69, 9.17) is 18.9 Å². The van der Waals surface area contributed by atoms with E-state index in [2.05, 4.69) is 4.98 Å². The van der Waals surface area contributed by atoms with Crippen molar-refractivity contribution in [1.29, 1.82) is 0 Å². The molecule has 1 aromatic carbocycles. The summed E-state index contributed by atoms with van der Waals surface area (Å²) < 4.78 is 23.8. The molecule has 8 nitrogen and oxygen atoms in total. The van der Waals surface area contributed by atoms with E-state index in [1.165, 1.54) is 7.11 Å². The fourth-order valence-corrected chi connectivity index (χ4v) is 4.63. The molecule has 1 fully saturated rings. The SMILES string of the molecule is COCCOC12CCCC(Cn3c1nc(C(=O)OC)c(OCc1ccccc1)c3=O)C2. The number of esters is 1. The summed E-state index contributed by atoms with van der Waals surface area (Å²) in [6.07, 6.45) is 3.52. The van der Waals surface area contributed by atoms with Crippen LogP contribution in [0.25, 0.3) is 0 Å². The Bertz CT molecular complexity index is 990. The van der Waals surface area contributed by atoms with Crippen LogP contribution in [0.5, 0.6) is 5.75 Å². The van der Waals surface area contributed by atoms with Crippen molar-refractivity contribution in [3.05, 3.63) is 57.8 Å². The monoisotopic (exact) mass is 428 g/mol. The highest BCUT2D eigenvalue weighted by molar-refractivity contribution is 5.90. The molecule has 1 saturated carbocycles. The van der Waals surface area contributed by atoms with Crippen LogP contribution >= 0.6 is 0 Å². The zero-order valence-electron chi connectivity index (χ0n) is 18.0. The fraction of sp³-hybridized carbons (Fsp3) is 0.522. The van der Waals surface area contributed by atoms with E-state index in [0.717, 1.165) is 31.2 Å². The van der Waals surface area contributed by atoms with Gasteiger partial charge in [-0.25, -0.2) is 9.78 Å². The summed E-state index contributed by atoms with van der Waals surface area (Å²) in [4.78, 5) is 30.7. The van der Waals surface area contributed by atoms with Gasteiger partial charge in [-0.1, -0.05) is 30.3 Å². The number of rotatable bonds is 8. The van der Waals surface area contributed by atoms with Crippen LogP contribution in [-0.4, -0.2) is 43.0 Å². The summed E-state index contributed by atoms with van der Waals surface area (Å²) in [7, 11) is 2.89. The average Bonchev–Trinajstić information content (AvgIpc) is 2.79. The maximum atomic E-state index is 13.5. The normalized spacial score (nSPS) is 21.9. The molecule has 2 heterocycles. The van der Waals surface area contributed by atoms with Crippen LogP contribution in [0.3, 0.4) is 0 Å². The Labute approximate surface area is 181 Å². The summed E-state index contributed by atoms with van der Waals surface area (Å²) in [5.41, 5.74) is -0.294. The topological polar surface area (TPSA) is 88.9 Å². The zero-order chi connectivity index (χ0) is 21.8. The first-order valence-corrected chi connectivity index (χ1v) is 10.6. The Morgan fingerprint density at radius 1 is 1.23 bits per heavy atom. The van der Waals surface area contributed by atoms with Crippen LogP contribution in [0.15, 0.2) is 35.1 Å². The molecular weight excluding hydrogens is 400 g/mol. The first-order chi connectivity index (χ1) is 15.1. The van der Waals surface area contributed by atoms with E-state index >= 15 is 0 Å². The van der Waals surface area contributed by atoms with Gasteiger partial charge >= 0.3 is 5.97 Å². The largest absolute Gasteiger partial charge is 0.481 e. The Morgan fingerprint density at radius 3 is 2.77 bits per heavy atom. The molecule has 2 unspecified atom stereocenters. The molecule has 0 spiro atoms. The number of carbonyl (C=O) groups excluding carboxylic acids is 1. The molecule has 0 saturated heterocycles. The quantitative estimate of drug-likeness (QED) is 0.472. The van der Waals surface area contributed by atoms with Crippen molar-refractivity contribution in [2.24, 2.45) is 5.92 Å². The van der Waals surface area contributed by atoms with Crippen LogP contribution in [0, 0.1) is 5.92 Å². The lowest BCUT2D eigenvalue weighted by atomic mass is 9.74. The molecule has 2 aromatic rings. The van der Waals surface area contributed by atoms with Gasteiger partial charge in [-0.15, -0.1) is 0 Å². The highest BCUT2D eigenvalue weighted by Gasteiger charge is 2.47. The van der Waals surface area contributed by atoms with E-state index < -0.39 is 11.6 Å². The predicted molar refractivity (Wildman–Crippen MR) is 112 cm³/mol. The predicted octanol–water partition coefficient (Wildman–Crippen LogP) is 2.67. The number of methoxy groups -OCH3 is 2. The summed E-state index contributed by atoms with van der Waals surface area (Å²) in [6.45, 7) is 1.53. The molecule has 166 valence electrons. The van der Waals surface area contributed by atoms with Crippen LogP contribution in [0.2, 0.25) is 0 Å². The number of carbonyl (C=O) groups is 1. The van der Waals surface area contributed by atoms with Crippen molar-refractivity contribution in [2.45, 2.75) is 44.4 Å². The van der Waals surface area contributed by atoms with E-state index in [1.807, 2.05) is 30.3 Å². The van der Waals surface area contributed by atoms with Gasteiger partial charge in [0.15, 0.2) is 5.69 Å². The smallest absolute Gasteiger partial charge is 0.360 e. The van der Waals surface area contributed by atoms with Gasteiger partial charge in [-0.05, 0) is 37.2 Å². The lowest BCUT2D eigenvalue weighted by Gasteiger charge is -2.45. The van der Waals surface area contributed by atoms with Crippen LogP contribution in [-0.2, 0) is 33.0 Å². The molecule has 2 aliphatic rings. The Balaban J connectivity index is 1.77. The summed E-state index contributed by atoms with van der Waals surface area (Å²) in [5, 5.41) is 0. The number of aromatic nitrogens is 2. The highest BCUT2D eigenvalue weighted by Crippen LogP contribution is 2.46. The molecule has 8 heteroatoms. The molecule has 2 atom stereocenters. The third kappa shape index (κ3) is 4.22. The van der Waals surface area contributed by atoms with Crippen LogP contribution in [0.4, 0.5) is 0 Å². The van der Waals surface area contributed by atoms with Gasteiger partial charge in [0.05, 0.1) is 20.3 Å². The minimum absolute atomic E-state index is 0.0773. The van der Waals surface area contributed by atoms with E-state index in [1.54, 1.807) is 11.7 Å². The first-order valence-electron chi connectivity index (χ1n) is 10.6. The third-order valence-electron chi connectivity index (χ3n) is 6.06. The second-order valence-electron chi connectivity index (χ2n) is 8.09. The molecule has 31 heavy (non-hydrogen) atoms. The first kappa shape index (κ1) is 21.5. The second-order valence-corrected chi connectivity index (χ2v) is 8.09. The minimum atomic E-state index is -0.709.